The van der Waals surface area contributed by atoms with Crippen LogP contribution in [0.2, 0.25) is 0 Å². The van der Waals surface area contributed by atoms with E-state index in [1.54, 1.807) is 11.3 Å². The predicted octanol–water partition coefficient (Wildman–Crippen LogP) is 3.78. The Morgan fingerprint density at radius 3 is 2.68 bits per heavy atom. The van der Waals surface area contributed by atoms with E-state index in [9.17, 15) is 9.59 Å². The number of rotatable bonds is 3. The largest absolute Gasteiger partial charge is 0.444 e. The number of hydrogen-bond acceptors (Lipinski definition) is 4. The van der Waals surface area contributed by atoms with Crippen molar-refractivity contribution >= 4 is 23.3 Å². The maximum absolute atomic E-state index is 12.5. The van der Waals surface area contributed by atoms with Gasteiger partial charge in [-0.1, -0.05) is 0 Å². The summed E-state index contributed by atoms with van der Waals surface area (Å²) in [6.45, 7) is 8.85. The molecule has 0 N–H and O–H groups in total. The summed E-state index contributed by atoms with van der Waals surface area (Å²) in [6, 6.07) is 1.95. The first-order chi connectivity index (χ1) is 11.8. The fraction of sp³-hybridized carbons (Fsp3) is 0.684. The number of hydrogen-bond donors (Lipinski definition) is 0. The molecular formula is C19H28N2O3S. The van der Waals surface area contributed by atoms with E-state index in [1.165, 1.54) is 4.88 Å². The van der Waals surface area contributed by atoms with Gasteiger partial charge >= 0.3 is 6.09 Å². The van der Waals surface area contributed by atoms with Gasteiger partial charge in [0.05, 0.1) is 5.56 Å². The third kappa shape index (κ3) is 4.54. The van der Waals surface area contributed by atoms with Crippen molar-refractivity contribution in [2.75, 3.05) is 26.2 Å². The minimum atomic E-state index is -0.441. The summed E-state index contributed by atoms with van der Waals surface area (Å²) < 4.78 is 5.44. The summed E-state index contributed by atoms with van der Waals surface area (Å²) in [6.07, 6.45) is 3.78. The van der Waals surface area contributed by atoms with Crippen molar-refractivity contribution in [2.24, 2.45) is 5.92 Å². The Balaban J connectivity index is 1.43. The van der Waals surface area contributed by atoms with Crippen molar-refractivity contribution in [3.05, 3.63) is 21.9 Å². The second kappa shape index (κ2) is 7.36. The highest BCUT2D eigenvalue weighted by atomic mass is 32.1. The van der Waals surface area contributed by atoms with E-state index >= 15 is 0 Å². The van der Waals surface area contributed by atoms with Gasteiger partial charge in [0.25, 0.3) is 5.91 Å². The van der Waals surface area contributed by atoms with E-state index < -0.39 is 5.60 Å². The molecule has 0 aromatic carbocycles. The van der Waals surface area contributed by atoms with Gasteiger partial charge in [-0.25, -0.2) is 4.79 Å². The summed E-state index contributed by atoms with van der Waals surface area (Å²) in [4.78, 5) is 29.6. The lowest BCUT2D eigenvalue weighted by Crippen LogP contribution is -2.43. The molecule has 1 saturated heterocycles. The zero-order valence-electron chi connectivity index (χ0n) is 15.4. The Morgan fingerprint density at radius 2 is 2.00 bits per heavy atom. The number of amides is 2. The topological polar surface area (TPSA) is 49.9 Å². The van der Waals surface area contributed by atoms with E-state index in [2.05, 4.69) is 0 Å². The van der Waals surface area contributed by atoms with Crippen LogP contribution in [0.5, 0.6) is 0 Å². The number of thiophene rings is 1. The first-order valence-corrected chi connectivity index (χ1v) is 10.0. The molecule has 6 heteroatoms. The molecule has 0 radical (unpaired) electrons. The van der Waals surface area contributed by atoms with E-state index in [-0.39, 0.29) is 12.0 Å². The number of piperidine rings is 1. The monoisotopic (exact) mass is 364 g/mol. The highest BCUT2D eigenvalue weighted by Crippen LogP contribution is 2.26. The summed E-state index contributed by atoms with van der Waals surface area (Å²) in [5.41, 5.74) is 0.458. The lowest BCUT2D eigenvalue weighted by atomic mass is 9.93. The highest BCUT2D eigenvalue weighted by molar-refractivity contribution is 7.10. The average molecular weight is 365 g/mol. The standard InChI is InChI=1S/C19H28N2O3S/c1-19(2,3)24-18(23)21-10-5-14(6-11-21)4-9-20-12-7-16-15(17(20)22)8-13-25-16/h8,13-14H,4-7,9-12H2,1-3H3. The van der Waals surface area contributed by atoms with Crippen molar-refractivity contribution in [1.29, 1.82) is 0 Å². The quantitative estimate of drug-likeness (QED) is 0.820. The molecule has 2 aliphatic rings. The lowest BCUT2D eigenvalue weighted by Gasteiger charge is -2.34. The van der Waals surface area contributed by atoms with Crippen molar-refractivity contribution < 1.29 is 14.3 Å². The van der Waals surface area contributed by atoms with Crippen LogP contribution in [0.25, 0.3) is 0 Å². The van der Waals surface area contributed by atoms with Crippen LogP contribution in [-0.4, -0.2) is 53.6 Å². The zero-order chi connectivity index (χ0) is 18.0. The smallest absolute Gasteiger partial charge is 0.410 e. The fourth-order valence-electron chi connectivity index (χ4n) is 3.52. The molecule has 5 nitrogen and oxygen atoms in total. The van der Waals surface area contributed by atoms with Crippen molar-refractivity contribution in [3.63, 3.8) is 0 Å². The fourth-order valence-corrected chi connectivity index (χ4v) is 4.38. The second-order valence-corrected chi connectivity index (χ2v) is 9.00. The summed E-state index contributed by atoms with van der Waals surface area (Å²) >= 11 is 1.69. The number of nitrogens with zero attached hydrogens (tertiary/aromatic N) is 2. The molecule has 0 spiro atoms. The Morgan fingerprint density at radius 1 is 1.28 bits per heavy atom. The van der Waals surface area contributed by atoms with Gasteiger partial charge in [0.2, 0.25) is 0 Å². The number of carbonyl (C=O) groups is 2. The van der Waals surface area contributed by atoms with E-state index in [0.717, 1.165) is 57.4 Å². The minimum Gasteiger partial charge on any atom is -0.444 e. The molecule has 2 aliphatic heterocycles. The summed E-state index contributed by atoms with van der Waals surface area (Å²) in [5, 5.41) is 2.01. The van der Waals surface area contributed by atoms with E-state index in [0.29, 0.717) is 5.92 Å². The number of carbonyl (C=O) groups excluding carboxylic acids is 2. The van der Waals surface area contributed by atoms with Crippen LogP contribution in [-0.2, 0) is 11.2 Å². The third-order valence-electron chi connectivity index (χ3n) is 4.95. The SMILES string of the molecule is CC(C)(C)OC(=O)N1CCC(CCN2CCc3sccc3C2=O)CC1. The molecule has 3 heterocycles. The van der Waals surface area contributed by atoms with Gasteiger partial charge in [-0.15, -0.1) is 11.3 Å². The Kier molecular flexibility index (Phi) is 5.37. The van der Waals surface area contributed by atoms with Crippen LogP contribution in [0.4, 0.5) is 4.79 Å². The van der Waals surface area contributed by atoms with Gasteiger partial charge in [-0.05, 0) is 57.4 Å². The average Bonchev–Trinajstić information content (AvgIpc) is 3.02. The molecule has 0 atom stereocenters. The molecule has 1 aromatic heterocycles. The molecular weight excluding hydrogens is 336 g/mol. The van der Waals surface area contributed by atoms with Gasteiger partial charge in [-0.2, -0.15) is 0 Å². The van der Waals surface area contributed by atoms with Crippen molar-refractivity contribution in [1.82, 2.24) is 9.80 Å². The van der Waals surface area contributed by atoms with Gasteiger partial charge in [0.1, 0.15) is 5.60 Å². The minimum absolute atomic E-state index is 0.189. The Hall–Kier alpha value is -1.56. The van der Waals surface area contributed by atoms with Crippen LogP contribution in [0, 0.1) is 5.92 Å². The van der Waals surface area contributed by atoms with Gasteiger partial charge < -0.3 is 14.5 Å². The molecule has 0 bridgehead atoms. The number of likely N-dealkylation sites (tertiary alicyclic amines) is 1. The Bertz CT molecular complexity index is 627. The molecule has 0 aliphatic carbocycles. The number of fused-ring (bicyclic) bond motifs is 1. The summed E-state index contributed by atoms with van der Waals surface area (Å²) in [5.74, 6) is 0.768. The molecule has 1 aromatic rings. The molecule has 138 valence electrons. The zero-order valence-corrected chi connectivity index (χ0v) is 16.2. The first kappa shape index (κ1) is 18.2. The molecule has 0 unspecified atom stereocenters. The number of ether oxygens (including phenoxy) is 1. The predicted molar refractivity (Wildman–Crippen MR) is 99.1 cm³/mol. The lowest BCUT2D eigenvalue weighted by molar-refractivity contribution is 0.0178. The van der Waals surface area contributed by atoms with E-state index in [1.807, 2.05) is 42.0 Å². The van der Waals surface area contributed by atoms with Crippen LogP contribution in [0.15, 0.2) is 11.4 Å². The van der Waals surface area contributed by atoms with Gasteiger partial charge in [-0.3, -0.25) is 4.79 Å². The van der Waals surface area contributed by atoms with Crippen LogP contribution in [0.3, 0.4) is 0 Å². The maximum atomic E-state index is 12.5. The molecule has 0 saturated carbocycles. The van der Waals surface area contributed by atoms with Crippen LogP contribution in [0.1, 0.15) is 55.3 Å². The normalized spacial score (nSPS) is 19.1. The Labute approximate surface area is 153 Å². The molecule has 2 amide bonds. The molecule has 3 rings (SSSR count). The molecule has 1 fully saturated rings. The van der Waals surface area contributed by atoms with Crippen LogP contribution < -0.4 is 0 Å². The van der Waals surface area contributed by atoms with Crippen molar-refractivity contribution in [2.45, 2.75) is 52.1 Å². The molecule has 25 heavy (non-hydrogen) atoms. The van der Waals surface area contributed by atoms with E-state index in [4.69, 9.17) is 4.74 Å². The third-order valence-corrected chi connectivity index (χ3v) is 5.93. The summed E-state index contributed by atoms with van der Waals surface area (Å²) in [7, 11) is 0. The second-order valence-electron chi connectivity index (χ2n) is 8.00. The highest BCUT2D eigenvalue weighted by Gasteiger charge is 2.29. The van der Waals surface area contributed by atoms with Crippen LogP contribution >= 0.6 is 11.3 Å². The van der Waals surface area contributed by atoms with Crippen molar-refractivity contribution in [3.8, 4) is 0 Å². The van der Waals surface area contributed by atoms with Gasteiger partial charge in [0, 0.05) is 37.5 Å². The van der Waals surface area contributed by atoms with Gasteiger partial charge in [0.15, 0.2) is 0 Å². The first-order valence-electron chi connectivity index (χ1n) is 9.17. The maximum Gasteiger partial charge on any atom is 0.410 e.